The van der Waals surface area contributed by atoms with Gasteiger partial charge in [0.2, 0.25) is 0 Å². The Hall–Kier alpha value is -2.06. The van der Waals surface area contributed by atoms with Crippen molar-refractivity contribution in [2.45, 2.75) is 26.7 Å². The molecule has 122 valence electrons. The van der Waals surface area contributed by atoms with Gasteiger partial charge in [-0.05, 0) is 18.2 Å². The summed E-state index contributed by atoms with van der Waals surface area (Å²) >= 11 is 2.55. The molecule has 0 unspecified atom stereocenters. The minimum Gasteiger partial charge on any atom is -0.288 e. The van der Waals surface area contributed by atoms with Crippen molar-refractivity contribution in [3.05, 3.63) is 34.9 Å². The lowest BCUT2D eigenvalue weighted by Crippen LogP contribution is -1.86. The molecule has 1 rings (SSSR count). The van der Waals surface area contributed by atoms with Crippen LogP contribution in [0.1, 0.15) is 43.4 Å². The highest BCUT2D eigenvalue weighted by molar-refractivity contribution is 8.13. The van der Waals surface area contributed by atoms with Crippen molar-refractivity contribution in [2.24, 2.45) is 0 Å². The van der Waals surface area contributed by atoms with Crippen molar-refractivity contribution in [1.29, 1.82) is 0 Å². The number of hydrogen-bond donors (Lipinski definition) is 0. The second-order valence-corrected chi connectivity index (χ2v) is 7.27. The molecule has 0 spiro atoms. The zero-order valence-electron chi connectivity index (χ0n) is 13.8. The molecule has 4 heteroatoms. The first-order chi connectivity index (χ1) is 11.5. The molecule has 1 aromatic rings. The smallest absolute Gasteiger partial charge is 0.185 e. The van der Waals surface area contributed by atoms with Gasteiger partial charge in [-0.1, -0.05) is 53.1 Å². The minimum atomic E-state index is 0.103. The maximum Gasteiger partial charge on any atom is 0.185 e. The number of carbonyl (C=O) groups is 2. The molecule has 0 amide bonds. The molecular weight excluding hydrogens is 336 g/mol. The number of hydrogen-bond acceptors (Lipinski definition) is 4. The van der Waals surface area contributed by atoms with Crippen LogP contribution in [-0.2, 0) is 9.59 Å². The summed E-state index contributed by atoms with van der Waals surface area (Å²) in [5.41, 5.74) is 2.38. The average molecular weight is 354 g/mol. The van der Waals surface area contributed by atoms with Crippen LogP contribution in [-0.4, -0.2) is 21.7 Å². The van der Waals surface area contributed by atoms with E-state index in [0.717, 1.165) is 16.7 Å². The monoisotopic (exact) mass is 354 g/mol. The second kappa shape index (κ2) is 11.5. The van der Waals surface area contributed by atoms with Crippen molar-refractivity contribution in [2.75, 3.05) is 11.5 Å². The fourth-order valence-electron chi connectivity index (χ4n) is 1.68. The highest BCUT2D eigenvalue weighted by atomic mass is 32.2. The van der Waals surface area contributed by atoms with E-state index in [2.05, 4.69) is 29.6 Å². The predicted octanol–water partition coefficient (Wildman–Crippen LogP) is 3.71. The highest BCUT2D eigenvalue weighted by Crippen LogP contribution is 2.09. The normalized spacial score (nSPS) is 9.04. The average Bonchev–Trinajstić information content (AvgIpc) is 2.53. The summed E-state index contributed by atoms with van der Waals surface area (Å²) in [6.07, 6.45) is 6.77. The third-order valence-electron chi connectivity index (χ3n) is 2.63. The van der Waals surface area contributed by atoms with Crippen molar-refractivity contribution < 1.29 is 9.59 Å². The lowest BCUT2D eigenvalue weighted by molar-refractivity contribution is -0.109. The van der Waals surface area contributed by atoms with E-state index in [1.54, 1.807) is 13.8 Å². The van der Waals surface area contributed by atoms with Gasteiger partial charge in [0.25, 0.3) is 0 Å². The maximum absolute atomic E-state index is 10.8. The van der Waals surface area contributed by atoms with E-state index >= 15 is 0 Å². The Morgan fingerprint density at radius 2 is 1.29 bits per heavy atom. The van der Waals surface area contributed by atoms with E-state index in [1.807, 2.05) is 18.2 Å². The van der Waals surface area contributed by atoms with Gasteiger partial charge in [-0.15, -0.1) is 6.42 Å². The predicted molar refractivity (Wildman–Crippen MR) is 104 cm³/mol. The molecule has 0 heterocycles. The molecule has 2 nitrogen and oxygen atoms in total. The van der Waals surface area contributed by atoms with Crippen molar-refractivity contribution in [3.63, 3.8) is 0 Å². The first-order valence-electron chi connectivity index (χ1n) is 7.37. The van der Waals surface area contributed by atoms with Crippen LogP contribution in [0.25, 0.3) is 0 Å². The lowest BCUT2D eigenvalue weighted by Gasteiger charge is -1.97. The zero-order chi connectivity index (χ0) is 17.8. The number of rotatable bonds is 4. The summed E-state index contributed by atoms with van der Waals surface area (Å²) in [6.45, 7) is 3.10. The number of thioether (sulfide) groups is 2. The van der Waals surface area contributed by atoms with E-state index in [4.69, 9.17) is 6.42 Å². The van der Waals surface area contributed by atoms with Crippen LogP contribution in [0.3, 0.4) is 0 Å². The molecule has 0 radical (unpaired) electrons. The molecule has 0 saturated carbocycles. The third kappa shape index (κ3) is 9.16. The Kier molecular flexibility index (Phi) is 9.55. The van der Waals surface area contributed by atoms with Gasteiger partial charge < -0.3 is 0 Å². The van der Waals surface area contributed by atoms with Crippen LogP contribution < -0.4 is 0 Å². The number of carbonyl (C=O) groups excluding carboxylic acids is 2. The zero-order valence-corrected chi connectivity index (χ0v) is 15.4. The molecule has 0 aliphatic heterocycles. The summed E-state index contributed by atoms with van der Waals surface area (Å²) in [7, 11) is 0. The summed E-state index contributed by atoms with van der Waals surface area (Å²) in [5, 5.41) is 0.207. The van der Waals surface area contributed by atoms with Crippen LogP contribution in [0.4, 0.5) is 0 Å². The van der Waals surface area contributed by atoms with Crippen molar-refractivity contribution >= 4 is 33.8 Å². The summed E-state index contributed by atoms with van der Waals surface area (Å²) < 4.78 is 0. The topological polar surface area (TPSA) is 34.1 Å². The summed E-state index contributed by atoms with van der Waals surface area (Å²) in [5.74, 6) is 16.2. The Morgan fingerprint density at radius 1 is 0.875 bits per heavy atom. The molecule has 1 aromatic carbocycles. The molecule has 0 N–H and O–H groups in total. The Bertz CT molecular complexity index is 709. The molecular formula is C20H18O2S2. The molecule has 0 aliphatic rings. The molecule has 0 aromatic heterocycles. The Balaban J connectivity index is 2.73. The highest BCUT2D eigenvalue weighted by Gasteiger charge is 1.97. The number of terminal acetylenes is 1. The van der Waals surface area contributed by atoms with Gasteiger partial charge in [0.15, 0.2) is 10.2 Å². The first kappa shape index (κ1) is 20.0. The van der Waals surface area contributed by atoms with Crippen molar-refractivity contribution in [1.82, 2.24) is 0 Å². The fourth-order valence-corrected chi connectivity index (χ4v) is 2.66. The van der Waals surface area contributed by atoms with Gasteiger partial charge in [0, 0.05) is 54.9 Å². The van der Waals surface area contributed by atoms with Crippen LogP contribution in [0.2, 0.25) is 0 Å². The van der Waals surface area contributed by atoms with E-state index in [0.29, 0.717) is 24.3 Å². The van der Waals surface area contributed by atoms with Gasteiger partial charge in [-0.2, -0.15) is 0 Å². The first-order valence-corrected chi connectivity index (χ1v) is 9.34. The van der Waals surface area contributed by atoms with Crippen molar-refractivity contribution in [3.8, 4) is 36.0 Å². The molecule has 24 heavy (non-hydrogen) atoms. The minimum absolute atomic E-state index is 0.103. The molecule has 0 bridgehead atoms. The van der Waals surface area contributed by atoms with Gasteiger partial charge in [-0.25, -0.2) is 0 Å². The summed E-state index contributed by atoms with van der Waals surface area (Å²) in [6, 6.07) is 5.60. The van der Waals surface area contributed by atoms with Gasteiger partial charge in [-0.3, -0.25) is 9.59 Å². The lowest BCUT2D eigenvalue weighted by atomic mass is 10.1. The molecule has 0 saturated heterocycles. The van der Waals surface area contributed by atoms with E-state index in [-0.39, 0.29) is 10.2 Å². The maximum atomic E-state index is 10.8. The molecule has 0 aliphatic carbocycles. The summed E-state index contributed by atoms with van der Waals surface area (Å²) in [4.78, 5) is 21.7. The van der Waals surface area contributed by atoms with Crippen LogP contribution in [0.5, 0.6) is 0 Å². The van der Waals surface area contributed by atoms with E-state index in [9.17, 15) is 9.59 Å². The van der Waals surface area contributed by atoms with Gasteiger partial charge >= 0.3 is 0 Å². The van der Waals surface area contributed by atoms with Crippen LogP contribution in [0, 0.1) is 36.0 Å². The third-order valence-corrected chi connectivity index (χ3v) is 4.26. The van der Waals surface area contributed by atoms with Crippen LogP contribution in [0.15, 0.2) is 18.2 Å². The molecule has 0 atom stereocenters. The molecule has 0 fully saturated rings. The van der Waals surface area contributed by atoms with Gasteiger partial charge in [0.1, 0.15) is 0 Å². The number of benzene rings is 1. The fraction of sp³-hybridized carbons (Fsp3) is 0.300. The van der Waals surface area contributed by atoms with Gasteiger partial charge in [0.05, 0.1) is 0 Å². The van der Waals surface area contributed by atoms with E-state index in [1.165, 1.54) is 23.5 Å². The standard InChI is InChI=1S/C20H18O2S2/c1-4-18-13-19(9-5-7-11-23-16(2)21)15-20(14-18)10-6-8-12-24-17(3)22/h1,13-15H,7-8,11-12H2,2-3H3. The van der Waals surface area contributed by atoms with E-state index < -0.39 is 0 Å². The van der Waals surface area contributed by atoms with Crippen LogP contribution >= 0.6 is 23.5 Å². The quantitative estimate of drug-likeness (QED) is 0.610. The largest absolute Gasteiger partial charge is 0.288 e. The second-order valence-electron chi connectivity index (χ2n) is 4.73. The SMILES string of the molecule is C#Cc1cc(C#CCCSC(C)=O)cc(C#CCCSC(C)=O)c1. The Morgan fingerprint density at radius 3 is 1.67 bits per heavy atom. The Labute approximate surface area is 152 Å².